The average molecular weight is 387 g/mol. The zero-order chi connectivity index (χ0) is 19.6. The normalized spacial score (nSPS) is 17.6. The van der Waals surface area contributed by atoms with Crippen molar-refractivity contribution in [1.82, 2.24) is 4.90 Å². The van der Waals surface area contributed by atoms with Crippen LogP contribution in [0.3, 0.4) is 0 Å². The van der Waals surface area contributed by atoms with Gasteiger partial charge >= 0.3 is 0 Å². The van der Waals surface area contributed by atoms with Gasteiger partial charge in [0.15, 0.2) is 0 Å². The lowest BCUT2D eigenvalue weighted by molar-refractivity contribution is 0.0682. The number of nitrogens with one attached hydrogen (secondary N) is 1. The first-order valence-electron chi connectivity index (χ1n) is 9.26. The largest absolute Gasteiger partial charge is 0.338 e. The SMILES string of the molecule is Cc1ccc(NS(=O)(=O)c2ccc(C)c(C(=O)N3CCCC(C)C3)c2)cc1. The van der Waals surface area contributed by atoms with E-state index in [4.69, 9.17) is 0 Å². The molecule has 1 aliphatic rings. The number of carbonyl (C=O) groups is 1. The molecule has 0 aliphatic carbocycles. The Hall–Kier alpha value is -2.34. The molecule has 0 saturated carbocycles. The third-order valence-corrected chi connectivity index (χ3v) is 6.38. The first-order valence-corrected chi connectivity index (χ1v) is 10.7. The highest BCUT2D eigenvalue weighted by Crippen LogP contribution is 2.23. The van der Waals surface area contributed by atoms with Crippen LogP contribution in [0.15, 0.2) is 47.4 Å². The lowest BCUT2D eigenvalue weighted by Crippen LogP contribution is -2.39. The summed E-state index contributed by atoms with van der Waals surface area (Å²) in [6.45, 7) is 7.36. The molecule has 5 nitrogen and oxygen atoms in total. The molecule has 1 aliphatic heterocycles. The highest BCUT2D eigenvalue weighted by molar-refractivity contribution is 7.92. The number of hydrogen-bond acceptors (Lipinski definition) is 3. The van der Waals surface area contributed by atoms with Crippen molar-refractivity contribution in [2.45, 2.75) is 38.5 Å². The van der Waals surface area contributed by atoms with E-state index < -0.39 is 10.0 Å². The number of hydrogen-bond donors (Lipinski definition) is 1. The molecule has 0 radical (unpaired) electrons. The smallest absolute Gasteiger partial charge is 0.261 e. The maximum atomic E-state index is 13.0. The molecule has 144 valence electrons. The van der Waals surface area contributed by atoms with Gasteiger partial charge in [0.05, 0.1) is 4.90 Å². The Bertz CT molecular complexity index is 936. The summed E-state index contributed by atoms with van der Waals surface area (Å²) in [4.78, 5) is 14.9. The van der Waals surface area contributed by atoms with E-state index in [1.807, 2.05) is 30.9 Å². The van der Waals surface area contributed by atoms with E-state index in [-0.39, 0.29) is 10.8 Å². The number of amides is 1. The van der Waals surface area contributed by atoms with Crippen LogP contribution in [0.4, 0.5) is 5.69 Å². The van der Waals surface area contributed by atoms with Crippen LogP contribution in [-0.2, 0) is 10.0 Å². The van der Waals surface area contributed by atoms with Crippen LogP contribution in [0.2, 0.25) is 0 Å². The van der Waals surface area contributed by atoms with E-state index in [9.17, 15) is 13.2 Å². The van der Waals surface area contributed by atoms with Gasteiger partial charge in [-0.25, -0.2) is 8.42 Å². The van der Waals surface area contributed by atoms with Gasteiger partial charge in [-0.2, -0.15) is 0 Å². The van der Waals surface area contributed by atoms with Gasteiger partial charge in [0.25, 0.3) is 15.9 Å². The van der Waals surface area contributed by atoms with Crippen molar-refractivity contribution in [2.75, 3.05) is 17.8 Å². The molecule has 1 fully saturated rings. The highest BCUT2D eigenvalue weighted by atomic mass is 32.2. The molecule has 1 N–H and O–H groups in total. The third kappa shape index (κ3) is 4.50. The van der Waals surface area contributed by atoms with Gasteiger partial charge < -0.3 is 4.90 Å². The first-order chi connectivity index (χ1) is 12.8. The number of sulfonamides is 1. The Morgan fingerprint density at radius 1 is 1.11 bits per heavy atom. The molecule has 1 heterocycles. The van der Waals surface area contributed by atoms with Crippen molar-refractivity contribution in [2.24, 2.45) is 5.92 Å². The lowest BCUT2D eigenvalue weighted by atomic mass is 9.99. The van der Waals surface area contributed by atoms with E-state index in [1.165, 1.54) is 6.07 Å². The van der Waals surface area contributed by atoms with Gasteiger partial charge in [0, 0.05) is 24.3 Å². The number of rotatable bonds is 4. The van der Waals surface area contributed by atoms with E-state index in [1.54, 1.807) is 24.3 Å². The van der Waals surface area contributed by atoms with E-state index in [2.05, 4.69) is 11.6 Å². The van der Waals surface area contributed by atoms with Crippen molar-refractivity contribution >= 4 is 21.6 Å². The molecule has 1 amide bonds. The number of anilines is 1. The van der Waals surface area contributed by atoms with Crippen molar-refractivity contribution in [1.29, 1.82) is 0 Å². The summed E-state index contributed by atoms with van der Waals surface area (Å²) in [7, 11) is -3.76. The van der Waals surface area contributed by atoms with Crippen LogP contribution in [0.25, 0.3) is 0 Å². The number of likely N-dealkylation sites (tertiary alicyclic amines) is 1. The van der Waals surface area contributed by atoms with Crippen LogP contribution in [0.1, 0.15) is 41.3 Å². The van der Waals surface area contributed by atoms with E-state index in [0.29, 0.717) is 17.2 Å². The van der Waals surface area contributed by atoms with Crippen LogP contribution in [0, 0.1) is 19.8 Å². The molecule has 3 rings (SSSR count). The van der Waals surface area contributed by atoms with Gasteiger partial charge in [0.1, 0.15) is 0 Å². The summed E-state index contributed by atoms with van der Waals surface area (Å²) in [5, 5.41) is 0. The van der Waals surface area contributed by atoms with Gasteiger partial charge in [0.2, 0.25) is 0 Å². The van der Waals surface area contributed by atoms with Crippen molar-refractivity contribution in [3.05, 3.63) is 59.2 Å². The number of nitrogens with zero attached hydrogens (tertiary/aromatic N) is 1. The van der Waals surface area contributed by atoms with Crippen LogP contribution < -0.4 is 4.72 Å². The van der Waals surface area contributed by atoms with Crippen LogP contribution in [0.5, 0.6) is 0 Å². The topological polar surface area (TPSA) is 66.5 Å². The van der Waals surface area contributed by atoms with Crippen molar-refractivity contribution in [3.63, 3.8) is 0 Å². The number of piperidine rings is 1. The number of carbonyl (C=O) groups excluding carboxylic acids is 1. The molecule has 1 saturated heterocycles. The second-order valence-corrected chi connectivity index (χ2v) is 9.13. The minimum Gasteiger partial charge on any atom is -0.338 e. The summed E-state index contributed by atoms with van der Waals surface area (Å²) in [6.07, 6.45) is 2.11. The highest BCUT2D eigenvalue weighted by Gasteiger charge is 2.25. The zero-order valence-electron chi connectivity index (χ0n) is 16.0. The Morgan fingerprint density at radius 2 is 1.81 bits per heavy atom. The van der Waals surface area contributed by atoms with E-state index >= 15 is 0 Å². The molecule has 2 aromatic carbocycles. The average Bonchev–Trinajstić information content (AvgIpc) is 2.63. The Morgan fingerprint density at radius 3 is 2.48 bits per heavy atom. The minimum absolute atomic E-state index is 0.0913. The minimum atomic E-state index is -3.76. The van der Waals surface area contributed by atoms with E-state index in [0.717, 1.165) is 37.1 Å². The predicted octanol–water partition coefficient (Wildman–Crippen LogP) is 3.98. The lowest BCUT2D eigenvalue weighted by Gasteiger charge is -2.31. The van der Waals surface area contributed by atoms with Gasteiger partial charge in [-0.3, -0.25) is 9.52 Å². The third-order valence-electron chi connectivity index (χ3n) is 5.00. The Balaban J connectivity index is 1.87. The number of benzene rings is 2. The molecule has 0 bridgehead atoms. The summed E-state index contributed by atoms with van der Waals surface area (Å²) >= 11 is 0. The Labute approximate surface area is 161 Å². The van der Waals surface area contributed by atoms with Crippen LogP contribution >= 0.6 is 0 Å². The maximum absolute atomic E-state index is 13.0. The summed E-state index contributed by atoms with van der Waals surface area (Å²) in [5.41, 5.74) is 2.79. The van der Waals surface area contributed by atoms with Crippen molar-refractivity contribution < 1.29 is 13.2 Å². The summed E-state index contributed by atoms with van der Waals surface area (Å²) < 4.78 is 28.1. The van der Waals surface area contributed by atoms with Gasteiger partial charge in [-0.15, -0.1) is 0 Å². The fourth-order valence-electron chi connectivity index (χ4n) is 3.38. The maximum Gasteiger partial charge on any atom is 0.261 e. The first kappa shape index (κ1) is 19.4. The molecule has 0 aromatic heterocycles. The molecule has 1 atom stereocenters. The fraction of sp³-hybridized carbons (Fsp3) is 0.381. The molecular formula is C21H26N2O3S. The summed E-state index contributed by atoms with van der Waals surface area (Å²) in [6, 6.07) is 11.9. The monoisotopic (exact) mass is 386 g/mol. The second-order valence-electron chi connectivity index (χ2n) is 7.45. The molecule has 0 spiro atoms. The van der Waals surface area contributed by atoms with Gasteiger partial charge in [-0.1, -0.05) is 30.7 Å². The summed E-state index contributed by atoms with van der Waals surface area (Å²) in [5.74, 6) is 0.379. The fourth-order valence-corrected chi connectivity index (χ4v) is 4.46. The predicted molar refractivity (Wildman–Crippen MR) is 107 cm³/mol. The van der Waals surface area contributed by atoms with Crippen LogP contribution in [-0.4, -0.2) is 32.3 Å². The second kappa shape index (κ2) is 7.72. The molecule has 6 heteroatoms. The van der Waals surface area contributed by atoms with Gasteiger partial charge in [-0.05, 0) is 62.4 Å². The molecular weight excluding hydrogens is 360 g/mol. The molecule has 1 unspecified atom stereocenters. The Kier molecular flexibility index (Phi) is 5.56. The van der Waals surface area contributed by atoms with Crippen molar-refractivity contribution in [3.8, 4) is 0 Å². The quantitative estimate of drug-likeness (QED) is 0.864. The zero-order valence-corrected chi connectivity index (χ0v) is 16.8. The standard InChI is InChI=1S/C21H26N2O3S/c1-15-6-9-18(10-7-15)22-27(25,26)19-11-8-17(3)20(13-19)21(24)23-12-4-5-16(2)14-23/h6-11,13,16,22H,4-5,12,14H2,1-3H3. The molecule has 27 heavy (non-hydrogen) atoms. The molecule has 2 aromatic rings. The number of aryl methyl sites for hydroxylation is 2.